The predicted octanol–water partition coefficient (Wildman–Crippen LogP) is 11.3. The first-order chi connectivity index (χ1) is 24.3. The van der Waals surface area contributed by atoms with Crippen molar-refractivity contribution in [3.63, 3.8) is 0 Å². The number of nitrogens with one attached hydrogen (secondary N) is 2. The van der Waals surface area contributed by atoms with E-state index in [4.69, 9.17) is 11.8 Å². The normalized spacial score (nSPS) is 11.7. The maximum Gasteiger partial charge on any atom is 0.404 e. The number of terminal acetylenes is 2. The number of ether oxygens (including phenoxy) is 1. The van der Waals surface area contributed by atoms with Gasteiger partial charge in [0, 0.05) is 24.2 Å². The molecule has 0 aliphatic heterocycles. The maximum atomic E-state index is 15.0. The fraction of sp³-hybridized carbons (Fsp3) is 0.256. The second-order valence-electron chi connectivity index (χ2n) is 10.3. The van der Waals surface area contributed by atoms with E-state index in [0.717, 1.165) is 37.0 Å². The Labute approximate surface area is 292 Å². The van der Waals surface area contributed by atoms with Gasteiger partial charge in [-0.15, -0.1) is 19.3 Å². The zero-order valence-corrected chi connectivity index (χ0v) is 27.7. The van der Waals surface area contributed by atoms with Gasteiger partial charge in [-0.3, -0.25) is 0 Å². The van der Waals surface area contributed by atoms with E-state index in [1.165, 1.54) is 18.3 Å². The molecule has 3 nitrogen and oxygen atoms in total. The van der Waals surface area contributed by atoms with Gasteiger partial charge >= 0.3 is 6.11 Å². The van der Waals surface area contributed by atoms with Crippen LogP contribution in [0.25, 0.3) is 16.7 Å². The Kier molecular flexibility index (Phi) is 20.0. The molecule has 0 saturated carbocycles. The standard InChI is InChI=1S/C30H22F9NO.C7H13N.C2H2/c1-2-11-40-17-18-3-5-19(6-4-18)20-7-8-24(25(33)13-20)21(9-10-31)12-22(32)16-30(38,39)41-23-14-26(34)28(29(36)37)27(35)15-23;1-2-3-4-5-6-7-8;1-2/h1,3-9,12-15,29,40H,10-11,16-17H2;2-3,7-8H,4-6H2,1H3;1-2H/b21-9+,22-12?;3-2+,8-7?;. The zero-order valence-electron chi connectivity index (χ0n) is 27.7. The first kappa shape index (κ1) is 43.8. The van der Waals surface area contributed by atoms with Gasteiger partial charge in [0.1, 0.15) is 42.1 Å². The summed E-state index contributed by atoms with van der Waals surface area (Å²) in [5, 5.41) is 9.71. The van der Waals surface area contributed by atoms with Crippen molar-refractivity contribution in [2.45, 2.75) is 51.7 Å². The maximum absolute atomic E-state index is 15.0. The SMILES string of the molecule is C#C.C#CCNCc1ccc(-c2ccc(/C(C=C(F)CC(F)(F)Oc3cc(F)c(C(F)F)c(F)c3)=C/CF)c(F)c2)cc1.C/C=C/CCCC=N. The molecule has 0 aromatic heterocycles. The van der Waals surface area contributed by atoms with Crippen molar-refractivity contribution < 1.29 is 44.3 Å². The highest BCUT2D eigenvalue weighted by atomic mass is 19.3. The molecule has 0 aliphatic carbocycles. The summed E-state index contributed by atoms with van der Waals surface area (Å²) in [5.41, 5.74) is -0.302. The molecule has 0 unspecified atom stereocenters. The molecular weight excluding hydrogens is 683 g/mol. The Bertz CT molecular complexity index is 1670. The fourth-order valence-corrected chi connectivity index (χ4v) is 4.31. The van der Waals surface area contributed by atoms with Crippen LogP contribution in [0.1, 0.15) is 55.7 Å². The van der Waals surface area contributed by atoms with Crippen molar-refractivity contribution in [1.82, 2.24) is 5.32 Å². The summed E-state index contributed by atoms with van der Waals surface area (Å²) >= 11 is 0. The number of alkyl halides is 5. The molecule has 0 saturated heterocycles. The molecule has 0 bridgehead atoms. The van der Waals surface area contributed by atoms with Crippen LogP contribution in [0.3, 0.4) is 0 Å². The Morgan fingerprint density at radius 2 is 1.59 bits per heavy atom. The zero-order chi connectivity index (χ0) is 38.4. The third-order valence-electron chi connectivity index (χ3n) is 6.60. The molecule has 0 atom stereocenters. The average Bonchev–Trinajstić information content (AvgIpc) is 3.07. The number of benzene rings is 3. The highest BCUT2D eigenvalue weighted by molar-refractivity contribution is 5.77. The van der Waals surface area contributed by atoms with Crippen LogP contribution in [0, 0.1) is 48.1 Å². The van der Waals surface area contributed by atoms with Gasteiger partial charge in [0.15, 0.2) is 0 Å². The van der Waals surface area contributed by atoms with Crippen LogP contribution >= 0.6 is 0 Å². The molecule has 3 aromatic rings. The summed E-state index contributed by atoms with van der Waals surface area (Å²) in [5.74, 6) is -4.86. The van der Waals surface area contributed by atoms with E-state index in [1.807, 2.05) is 13.0 Å². The first-order valence-electron chi connectivity index (χ1n) is 15.3. The first-order valence-corrected chi connectivity index (χ1v) is 15.3. The summed E-state index contributed by atoms with van der Waals surface area (Å²) in [6.45, 7) is 1.75. The minimum absolute atomic E-state index is 0.106. The lowest BCUT2D eigenvalue weighted by Gasteiger charge is -2.18. The van der Waals surface area contributed by atoms with Gasteiger partial charge in [-0.05, 0) is 72.9 Å². The molecule has 3 rings (SSSR count). The van der Waals surface area contributed by atoms with Crippen molar-refractivity contribution in [3.8, 4) is 42.1 Å². The lowest BCUT2D eigenvalue weighted by molar-refractivity contribution is -0.176. The molecule has 2 N–H and O–H groups in total. The number of unbranched alkanes of at least 4 members (excludes halogenated alkanes) is 2. The van der Waals surface area contributed by atoms with Crippen molar-refractivity contribution in [3.05, 3.63) is 119 Å². The number of rotatable bonds is 16. The molecule has 3 aromatic carbocycles. The highest BCUT2D eigenvalue weighted by Gasteiger charge is 2.35. The van der Waals surface area contributed by atoms with Crippen molar-refractivity contribution in [2.24, 2.45) is 0 Å². The van der Waals surface area contributed by atoms with Gasteiger partial charge < -0.3 is 15.5 Å². The topological polar surface area (TPSA) is 45.1 Å². The largest absolute Gasteiger partial charge is 0.432 e. The fourth-order valence-electron chi connectivity index (χ4n) is 4.31. The van der Waals surface area contributed by atoms with E-state index >= 15 is 0 Å². The van der Waals surface area contributed by atoms with Crippen LogP contribution in [-0.4, -0.2) is 25.5 Å². The second-order valence-corrected chi connectivity index (χ2v) is 10.3. The molecule has 0 heterocycles. The molecule has 0 fully saturated rings. The number of allylic oxidation sites excluding steroid dienone is 5. The smallest absolute Gasteiger partial charge is 0.404 e. The minimum atomic E-state index is -4.41. The van der Waals surface area contributed by atoms with E-state index in [2.05, 4.69) is 34.9 Å². The van der Waals surface area contributed by atoms with E-state index in [9.17, 15) is 39.5 Å². The van der Waals surface area contributed by atoms with Crippen LogP contribution < -0.4 is 10.1 Å². The molecule has 51 heavy (non-hydrogen) atoms. The molecular formula is C39H37F9N2O. The van der Waals surface area contributed by atoms with Gasteiger partial charge in [-0.2, -0.15) is 8.78 Å². The molecule has 0 radical (unpaired) electrons. The lowest BCUT2D eigenvalue weighted by atomic mass is 9.98. The summed E-state index contributed by atoms with van der Waals surface area (Å²) < 4.78 is 128. The Morgan fingerprint density at radius 3 is 2.12 bits per heavy atom. The van der Waals surface area contributed by atoms with Gasteiger partial charge in [-0.25, -0.2) is 30.7 Å². The Balaban J connectivity index is 0.00000114. The molecule has 272 valence electrons. The number of hydrogen-bond donors (Lipinski definition) is 2. The average molecular weight is 721 g/mol. The predicted molar refractivity (Wildman–Crippen MR) is 184 cm³/mol. The van der Waals surface area contributed by atoms with E-state index < -0.39 is 65.8 Å². The number of hydrogen-bond acceptors (Lipinski definition) is 3. The lowest BCUT2D eigenvalue weighted by Crippen LogP contribution is -2.25. The third kappa shape index (κ3) is 15.5. The van der Waals surface area contributed by atoms with E-state index in [1.54, 1.807) is 24.3 Å². The van der Waals surface area contributed by atoms with Crippen LogP contribution in [0.4, 0.5) is 39.5 Å². The van der Waals surface area contributed by atoms with Crippen LogP contribution in [0.2, 0.25) is 0 Å². The van der Waals surface area contributed by atoms with Crippen LogP contribution in [0.15, 0.2) is 84.7 Å². The van der Waals surface area contributed by atoms with Crippen LogP contribution in [-0.2, 0) is 6.54 Å². The van der Waals surface area contributed by atoms with Crippen LogP contribution in [0.5, 0.6) is 5.75 Å². The highest BCUT2D eigenvalue weighted by Crippen LogP contribution is 2.34. The quantitative estimate of drug-likeness (QED) is 0.0386. The third-order valence-corrected chi connectivity index (χ3v) is 6.60. The second kappa shape index (κ2) is 23.2. The van der Waals surface area contributed by atoms with E-state index in [0.29, 0.717) is 30.3 Å². The summed E-state index contributed by atoms with van der Waals surface area (Å²) in [6, 6.07) is 11.1. The van der Waals surface area contributed by atoms with Gasteiger partial charge in [0.05, 0.1) is 12.1 Å². The molecule has 0 spiro atoms. The molecule has 0 amide bonds. The monoisotopic (exact) mass is 720 g/mol. The molecule has 12 heteroatoms. The van der Waals surface area contributed by atoms with E-state index in [-0.39, 0.29) is 17.7 Å². The van der Waals surface area contributed by atoms with Gasteiger partial charge in [0.2, 0.25) is 0 Å². The number of halogens is 9. The van der Waals surface area contributed by atoms with Gasteiger partial charge in [-0.1, -0.05) is 54.5 Å². The summed E-state index contributed by atoms with van der Waals surface area (Å²) in [4.78, 5) is 0. The van der Waals surface area contributed by atoms with Crippen molar-refractivity contribution >= 4 is 11.8 Å². The summed E-state index contributed by atoms with van der Waals surface area (Å²) in [7, 11) is 0. The summed E-state index contributed by atoms with van der Waals surface area (Å²) in [6.07, 6.45) is 13.5. The molecule has 0 aliphatic rings. The Hall–Kier alpha value is -5.20. The minimum Gasteiger partial charge on any atom is -0.432 e. The van der Waals surface area contributed by atoms with Crippen molar-refractivity contribution in [1.29, 1.82) is 5.41 Å². The van der Waals surface area contributed by atoms with Gasteiger partial charge in [0.25, 0.3) is 6.43 Å². The Morgan fingerprint density at radius 1 is 0.961 bits per heavy atom. The van der Waals surface area contributed by atoms with Crippen molar-refractivity contribution in [2.75, 3.05) is 13.2 Å².